The minimum atomic E-state index is -0.326. The number of urea groups is 1. The van der Waals surface area contributed by atoms with Gasteiger partial charge in [-0.1, -0.05) is 39.0 Å². The number of unbranched alkanes of at least 4 members (excludes halogenated alkanes) is 5. The van der Waals surface area contributed by atoms with Crippen molar-refractivity contribution in [2.75, 3.05) is 26.7 Å². The third-order valence-electron chi connectivity index (χ3n) is 3.62. The molecule has 0 aromatic rings. The van der Waals surface area contributed by atoms with E-state index in [0.717, 1.165) is 19.3 Å². The third kappa shape index (κ3) is 11.4. The molecule has 0 heterocycles. The molecular weight excluding hydrogens is 282 g/mol. The maximum absolute atomic E-state index is 11.7. The number of esters is 1. The number of rotatable bonds is 13. The molecule has 0 spiro atoms. The van der Waals surface area contributed by atoms with Crippen molar-refractivity contribution < 1.29 is 14.3 Å². The van der Waals surface area contributed by atoms with Crippen LogP contribution < -0.4 is 16.4 Å². The van der Waals surface area contributed by atoms with Crippen molar-refractivity contribution in [2.24, 2.45) is 11.7 Å². The molecule has 0 saturated heterocycles. The summed E-state index contributed by atoms with van der Waals surface area (Å²) in [5, 5.41) is 5.54. The summed E-state index contributed by atoms with van der Waals surface area (Å²) in [5.41, 5.74) is 5.45. The van der Waals surface area contributed by atoms with Crippen LogP contribution in [0.1, 0.15) is 58.3 Å². The molecule has 0 bridgehead atoms. The second-order valence-corrected chi connectivity index (χ2v) is 5.56. The van der Waals surface area contributed by atoms with Gasteiger partial charge in [0.1, 0.15) is 0 Å². The first kappa shape index (κ1) is 20.7. The van der Waals surface area contributed by atoms with Crippen LogP contribution in [0.3, 0.4) is 0 Å². The van der Waals surface area contributed by atoms with Gasteiger partial charge in [-0.05, 0) is 25.8 Å². The fourth-order valence-electron chi connectivity index (χ4n) is 2.22. The predicted molar refractivity (Wildman–Crippen MR) is 88.6 cm³/mol. The molecular formula is C16H33N3O3. The molecule has 4 N–H and O–H groups in total. The van der Waals surface area contributed by atoms with Crippen LogP contribution in [-0.2, 0) is 9.53 Å². The zero-order valence-electron chi connectivity index (χ0n) is 14.2. The highest BCUT2D eigenvalue weighted by molar-refractivity contribution is 5.76. The summed E-state index contributed by atoms with van der Waals surface area (Å²) in [6.07, 6.45) is 8.51. The van der Waals surface area contributed by atoms with Crippen LogP contribution in [0.4, 0.5) is 4.79 Å². The Hall–Kier alpha value is -1.30. The van der Waals surface area contributed by atoms with Gasteiger partial charge >= 0.3 is 12.0 Å². The second kappa shape index (κ2) is 14.6. The fraction of sp³-hybridized carbons (Fsp3) is 0.875. The monoisotopic (exact) mass is 315 g/mol. The van der Waals surface area contributed by atoms with Crippen molar-refractivity contribution in [1.29, 1.82) is 0 Å². The van der Waals surface area contributed by atoms with E-state index >= 15 is 0 Å². The largest absolute Gasteiger partial charge is 0.469 e. The molecule has 1 atom stereocenters. The van der Waals surface area contributed by atoms with Gasteiger partial charge in [0.15, 0.2) is 0 Å². The highest BCUT2D eigenvalue weighted by atomic mass is 16.5. The Bertz CT molecular complexity index is 298. The van der Waals surface area contributed by atoms with E-state index in [0.29, 0.717) is 19.5 Å². The van der Waals surface area contributed by atoms with Gasteiger partial charge in [-0.3, -0.25) is 4.79 Å². The summed E-state index contributed by atoms with van der Waals surface area (Å²) in [5.74, 6) is -0.627. The maximum atomic E-state index is 11.7. The number of methoxy groups -OCH3 is 1. The molecule has 6 nitrogen and oxygen atoms in total. The van der Waals surface area contributed by atoms with E-state index in [-0.39, 0.29) is 24.5 Å². The van der Waals surface area contributed by atoms with E-state index in [1.54, 1.807) is 0 Å². The van der Waals surface area contributed by atoms with Crippen LogP contribution in [0.15, 0.2) is 0 Å². The predicted octanol–water partition coefficient (Wildman–Crippen LogP) is 2.17. The van der Waals surface area contributed by atoms with Gasteiger partial charge in [-0.15, -0.1) is 0 Å². The van der Waals surface area contributed by atoms with Crippen LogP contribution in [-0.4, -0.2) is 38.7 Å². The SMILES string of the molecule is CCCCCCCCNC(=O)NCC(CCCN)C(=O)OC. The van der Waals surface area contributed by atoms with Crippen molar-refractivity contribution in [1.82, 2.24) is 10.6 Å². The van der Waals surface area contributed by atoms with E-state index < -0.39 is 0 Å². The smallest absolute Gasteiger partial charge is 0.314 e. The standard InChI is InChI=1S/C16H33N3O3/c1-3-4-5-6-7-8-12-18-16(21)19-13-14(10-9-11-17)15(20)22-2/h14H,3-13,17H2,1-2H3,(H2,18,19,21). The average Bonchev–Trinajstić information content (AvgIpc) is 2.53. The average molecular weight is 315 g/mol. The van der Waals surface area contributed by atoms with Crippen LogP contribution in [0.5, 0.6) is 0 Å². The Morgan fingerprint density at radius 2 is 1.73 bits per heavy atom. The molecule has 22 heavy (non-hydrogen) atoms. The van der Waals surface area contributed by atoms with Gasteiger partial charge in [0.05, 0.1) is 13.0 Å². The first-order valence-corrected chi connectivity index (χ1v) is 8.45. The van der Waals surface area contributed by atoms with Crippen LogP contribution in [0.2, 0.25) is 0 Å². The van der Waals surface area contributed by atoms with Crippen molar-refractivity contribution in [3.05, 3.63) is 0 Å². The number of nitrogens with two attached hydrogens (primary N) is 1. The summed E-state index contributed by atoms with van der Waals surface area (Å²) in [7, 11) is 1.36. The van der Waals surface area contributed by atoms with Crippen molar-refractivity contribution in [3.63, 3.8) is 0 Å². The Morgan fingerprint density at radius 1 is 1.05 bits per heavy atom. The van der Waals surface area contributed by atoms with Gasteiger partial charge < -0.3 is 21.1 Å². The van der Waals surface area contributed by atoms with Crippen molar-refractivity contribution in [2.45, 2.75) is 58.3 Å². The molecule has 0 aliphatic heterocycles. The molecule has 0 saturated carbocycles. The molecule has 1 unspecified atom stereocenters. The van der Waals surface area contributed by atoms with Gasteiger partial charge in [-0.2, -0.15) is 0 Å². The van der Waals surface area contributed by atoms with Gasteiger partial charge in [0, 0.05) is 13.1 Å². The summed E-state index contributed by atoms with van der Waals surface area (Å²) >= 11 is 0. The quantitative estimate of drug-likeness (QED) is 0.359. The van der Waals surface area contributed by atoms with Crippen LogP contribution in [0, 0.1) is 5.92 Å². The molecule has 0 aromatic heterocycles. The minimum Gasteiger partial charge on any atom is -0.469 e. The zero-order valence-corrected chi connectivity index (χ0v) is 14.2. The molecule has 130 valence electrons. The summed E-state index contributed by atoms with van der Waals surface area (Å²) < 4.78 is 4.74. The molecule has 0 aliphatic carbocycles. The number of hydrogen-bond donors (Lipinski definition) is 3. The van der Waals surface area contributed by atoms with Crippen molar-refractivity contribution in [3.8, 4) is 0 Å². The Labute approximate surface area is 134 Å². The highest BCUT2D eigenvalue weighted by Crippen LogP contribution is 2.07. The molecule has 0 aliphatic rings. The van der Waals surface area contributed by atoms with Crippen LogP contribution >= 0.6 is 0 Å². The first-order valence-electron chi connectivity index (χ1n) is 8.45. The van der Waals surface area contributed by atoms with E-state index in [4.69, 9.17) is 10.5 Å². The molecule has 0 radical (unpaired) electrons. The molecule has 0 rings (SSSR count). The number of ether oxygens (including phenoxy) is 1. The Kier molecular flexibility index (Phi) is 13.8. The summed E-state index contributed by atoms with van der Waals surface area (Å²) in [6.45, 7) is 3.68. The summed E-state index contributed by atoms with van der Waals surface area (Å²) in [4.78, 5) is 23.2. The van der Waals surface area contributed by atoms with Crippen molar-refractivity contribution >= 4 is 12.0 Å². The first-order chi connectivity index (χ1) is 10.7. The van der Waals surface area contributed by atoms with Crippen LogP contribution in [0.25, 0.3) is 0 Å². The van der Waals surface area contributed by atoms with Gasteiger partial charge in [-0.25, -0.2) is 4.79 Å². The highest BCUT2D eigenvalue weighted by Gasteiger charge is 2.19. The van der Waals surface area contributed by atoms with Gasteiger partial charge in [0.25, 0.3) is 0 Å². The summed E-state index contributed by atoms with van der Waals surface area (Å²) in [6, 6.07) is -0.227. The van der Waals surface area contributed by atoms with E-state index in [1.165, 1.54) is 32.8 Å². The Morgan fingerprint density at radius 3 is 2.36 bits per heavy atom. The maximum Gasteiger partial charge on any atom is 0.314 e. The normalized spacial score (nSPS) is 11.8. The second-order valence-electron chi connectivity index (χ2n) is 5.56. The Balaban J connectivity index is 3.73. The van der Waals surface area contributed by atoms with E-state index in [9.17, 15) is 9.59 Å². The molecule has 0 fully saturated rings. The number of carbonyl (C=O) groups is 2. The topological polar surface area (TPSA) is 93.5 Å². The zero-order chi connectivity index (χ0) is 16.6. The molecule has 6 heteroatoms. The fourth-order valence-corrected chi connectivity index (χ4v) is 2.22. The number of hydrogen-bond acceptors (Lipinski definition) is 4. The number of amides is 2. The lowest BCUT2D eigenvalue weighted by molar-refractivity contribution is -0.145. The molecule has 2 amide bonds. The molecule has 0 aromatic carbocycles. The van der Waals surface area contributed by atoms with E-state index in [2.05, 4.69) is 17.6 Å². The number of carbonyl (C=O) groups excluding carboxylic acids is 2. The lowest BCUT2D eigenvalue weighted by Gasteiger charge is -2.15. The third-order valence-corrected chi connectivity index (χ3v) is 3.62. The number of nitrogens with one attached hydrogen (secondary N) is 2. The lowest BCUT2D eigenvalue weighted by Crippen LogP contribution is -2.40. The van der Waals surface area contributed by atoms with Gasteiger partial charge in [0.2, 0.25) is 0 Å². The van der Waals surface area contributed by atoms with E-state index in [1.807, 2.05) is 0 Å². The lowest BCUT2D eigenvalue weighted by atomic mass is 10.0. The minimum absolute atomic E-state index is 0.227.